The van der Waals surface area contributed by atoms with Gasteiger partial charge in [-0.1, -0.05) is 12.1 Å². The quantitative estimate of drug-likeness (QED) is 0.830. The zero-order chi connectivity index (χ0) is 17.8. The van der Waals surface area contributed by atoms with Crippen molar-refractivity contribution < 1.29 is 28.3 Å². The second-order valence-corrected chi connectivity index (χ2v) is 5.28. The van der Waals surface area contributed by atoms with Crippen molar-refractivity contribution in [3.8, 4) is 5.75 Å². The minimum Gasteiger partial charge on any atom is -0.477 e. The first-order valence-electron chi connectivity index (χ1n) is 7.57. The van der Waals surface area contributed by atoms with E-state index >= 15 is 0 Å². The molecule has 0 fully saturated rings. The van der Waals surface area contributed by atoms with Crippen molar-refractivity contribution in [1.82, 2.24) is 5.32 Å². The third-order valence-corrected chi connectivity index (χ3v) is 3.70. The molecule has 0 aliphatic carbocycles. The van der Waals surface area contributed by atoms with Gasteiger partial charge in [0.25, 0.3) is 11.8 Å². The van der Waals surface area contributed by atoms with Crippen molar-refractivity contribution in [3.63, 3.8) is 0 Å². The average Bonchev–Trinajstić information content (AvgIpc) is 3.19. The molecule has 2 amide bonds. The highest BCUT2D eigenvalue weighted by Crippen LogP contribution is 2.33. The predicted molar refractivity (Wildman–Crippen MR) is 86.3 cm³/mol. The summed E-state index contributed by atoms with van der Waals surface area (Å²) in [5.74, 6) is -1.05. The number of esters is 1. The van der Waals surface area contributed by atoms with Crippen molar-refractivity contribution in [2.24, 2.45) is 0 Å². The van der Waals surface area contributed by atoms with Crippen molar-refractivity contribution >= 4 is 23.5 Å². The smallest absolute Gasteiger partial charge is 0.341 e. The second kappa shape index (κ2) is 7.08. The third-order valence-electron chi connectivity index (χ3n) is 3.70. The van der Waals surface area contributed by atoms with Crippen LogP contribution in [0.2, 0.25) is 0 Å². The highest BCUT2D eigenvalue weighted by atomic mass is 16.5. The third kappa shape index (κ3) is 3.47. The second-order valence-electron chi connectivity index (χ2n) is 5.28. The lowest BCUT2D eigenvalue weighted by Gasteiger charge is -2.33. The lowest BCUT2D eigenvalue weighted by atomic mass is 10.1. The minimum absolute atomic E-state index is 0.0266. The van der Waals surface area contributed by atoms with E-state index in [1.165, 1.54) is 30.5 Å². The van der Waals surface area contributed by atoms with E-state index in [4.69, 9.17) is 13.9 Å². The molecule has 25 heavy (non-hydrogen) atoms. The average molecular weight is 344 g/mol. The van der Waals surface area contributed by atoms with Crippen LogP contribution in [0.3, 0.4) is 0 Å². The van der Waals surface area contributed by atoms with Crippen LogP contribution in [0.1, 0.15) is 10.4 Å². The summed E-state index contributed by atoms with van der Waals surface area (Å²) in [4.78, 5) is 37.6. The highest BCUT2D eigenvalue weighted by Gasteiger charge is 2.33. The van der Waals surface area contributed by atoms with E-state index in [2.05, 4.69) is 5.32 Å². The van der Waals surface area contributed by atoms with E-state index in [1.807, 2.05) is 0 Å². The molecule has 1 N–H and O–H groups in total. The van der Waals surface area contributed by atoms with E-state index in [-0.39, 0.29) is 18.0 Å². The van der Waals surface area contributed by atoms with Gasteiger partial charge in [-0.2, -0.15) is 0 Å². The molecule has 0 bridgehead atoms. The molecule has 2 heterocycles. The number of furan rings is 1. The molecule has 0 saturated heterocycles. The Morgan fingerprint density at radius 2 is 2.08 bits per heavy atom. The van der Waals surface area contributed by atoms with Crippen LogP contribution in [0, 0.1) is 0 Å². The molecule has 3 rings (SSSR count). The first-order chi connectivity index (χ1) is 12.1. The van der Waals surface area contributed by atoms with Gasteiger partial charge in [0.2, 0.25) is 0 Å². The first-order valence-corrected chi connectivity index (χ1v) is 7.57. The molecule has 1 atom stereocenters. The van der Waals surface area contributed by atoms with Crippen LogP contribution in [-0.4, -0.2) is 44.1 Å². The Morgan fingerprint density at radius 3 is 2.80 bits per heavy atom. The zero-order valence-electron chi connectivity index (χ0n) is 13.4. The monoisotopic (exact) mass is 344 g/mol. The summed E-state index contributed by atoms with van der Waals surface area (Å²) >= 11 is 0. The largest absolute Gasteiger partial charge is 0.477 e. The van der Waals surface area contributed by atoms with Gasteiger partial charge in [0.1, 0.15) is 12.0 Å². The predicted octanol–water partition coefficient (Wildman–Crippen LogP) is 0.977. The Labute approximate surface area is 143 Å². The van der Waals surface area contributed by atoms with Gasteiger partial charge < -0.3 is 24.1 Å². The lowest BCUT2D eigenvalue weighted by Crippen LogP contribution is -2.51. The number of benzene rings is 1. The summed E-state index contributed by atoms with van der Waals surface area (Å²) in [6, 6.07) is 8.30. The molecular formula is C17H16N2O6. The van der Waals surface area contributed by atoms with Gasteiger partial charge in [-0.25, -0.2) is 4.79 Å². The van der Waals surface area contributed by atoms with E-state index in [0.717, 1.165) is 0 Å². The highest BCUT2D eigenvalue weighted by molar-refractivity contribution is 5.99. The number of carbonyl (C=O) groups is 3. The normalized spacial score (nSPS) is 15.7. The van der Waals surface area contributed by atoms with Gasteiger partial charge in [-0.15, -0.1) is 0 Å². The topological polar surface area (TPSA) is 98.1 Å². The van der Waals surface area contributed by atoms with Gasteiger partial charge in [0.05, 0.1) is 24.1 Å². The molecule has 1 aliphatic rings. The molecule has 8 heteroatoms. The molecule has 0 spiro atoms. The van der Waals surface area contributed by atoms with E-state index < -0.39 is 24.6 Å². The molecule has 1 aliphatic heterocycles. The van der Waals surface area contributed by atoms with Crippen molar-refractivity contribution in [3.05, 3.63) is 48.4 Å². The number of fused-ring (bicyclic) bond motifs is 1. The number of hydrogen-bond donors (Lipinski definition) is 1. The van der Waals surface area contributed by atoms with Gasteiger partial charge in [0, 0.05) is 7.05 Å². The number of nitrogens with zero attached hydrogens (tertiary/aromatic N) is 1. The molecule has 8 nitrogen and oxygen atoms in total. The van der Waals surface area contributed by atoms with Crippen molar-refractivity contribution in [2.45, 2.75) is 6.10 Å². The van der Waals surface area contributed by atoms with Crippen LogP contribution < -0.4 is 15.0 Å². The molecule has 0 saturated carbocycles. The van der Waals surface area contributed by atoms with Gasteiger partial charge in [-0.05, 0) is 18.2 Å². The first kappa shape index (κ1) is 16.6. The maximum Gasteiger partial charge on any atom is 0.341 e. The molecule has 130 valence electrons. The summed E-state index contributed by atoms with van der Waals surface area (Å²) in [5, 5.41) is 2.50. The fraction of sp³-hybridized carbons (Fsp3) is 0.235. The van der Waals surface area contributed by atoms with Crippen LogP contribution in [0.4, 0.5) is 5.69 Å². The van der Waals surface area contributed by atoms with Crippen LogP contribution in [0.15, 0.2) is 47.3 Å². The fourth-order valence-corrected chi connectivity index (χ4v) is 2.44. The molecule has 0 radical (unpaired) electrons. The fourth-order valence-electron chi connectivity index (χ4n) is 2.44. The van der Waals surface area contributed by atoms with Crippen LogP contribution in [-0.2, 0) is 14.3 Å². The maximum atomic E-state index is 12.5. The van der Waals surface area contributed by atoms with Gasteiger partial charge in [0.15, 0.2) is 12.7 Å². The van der Waals surface area contributed by atoms with E-state index in [1.54, 1.807) is 24.3 Å². The Morgan fingerprint density at radius 1 is 1.28 bits per heavy atom. The number of carbonyl (C=O) groups excluding carboxylic acids is 3. The Balaban J connectivity index is 1.74. The Kier molecular flexibility index (Phi) is 4.69. The van der Waals surface area contributed by atoms with Crippen LogP contribution >= 0.6 is 0 Å². The summed E-state index contributed by atoms with van der Waals surface area (Å²) < 4.78 is 15.4. The summed E-state index contributed by atoms with van der Waals surface area (Å²) in [5.41, 5.74) is 0.741. The Hall–Kier alpha value is -3.29. The number of anilines is 1. The lowest BCUT2D eigenvalue weighted by molar-refractivity contribution is -0.128. The number of nitrogens with one attached hydrogen (secondary N) is 1. The van der Waals surface area contributed by atoms with E-state index in [0.29, 0.717) is 11.4 Å². The van der Waals surface area contributed by atoms with Crippen molar-refractivity contribution in [2.75, 3.05) is 25.1 Å². The van der Waals surface area contributed by atoms with Gasteiger partial charge in [-0.3, -0.25) is 9.59 Å². The van der Waals surface area contributed by atoms with Crippen LogP contribution in [0.25, 0.3) is 0 Å². The van der Waals surface area contributed by atoms with Crippen LogP contribution in [0.5, 0.6) is 5.75 Å². The van der Waals surface area contributed by atoms with Crippen molar-refractivity contribution in [1.29, 1.82) is 0 Å². The Bertz CT molecular complexity index is 786. The number of likely N-dealkylation sites (N-methyl/N-ethyl adjacent to an activating group) is 1. The summed E-state index contributed by atoms with van der Waals surface area (Å²) in [6.07, 6.45) is 1.73. The standard InChI is InChI=1S/C17H16N2O6/c1-18-16(21)14-8-19(12-4-2-3-5-13(12)25-14)15(20)10-24-17(22)11-6-7-23-9-11/h2-7,9,14H,8,10H2,1H3,(H,18,21)/t14-/m0/s1. The minimum atomic E-state index is -0.839. The summed E-state index contributed by atoms with van der Waals surface area (Å²) in [6.45, 7) is -0.433. The molecule has 1 aromatic heterocycles. The number of amides is 2. The van der Waals surface area contributed by atoms with Gasteiger partial charge >= 0.3 is 5.97 Å². The molecular weight excluding hydrogens is 328 g/mol. The zero-order valence-corrected chi connectivity index (χ0v) is 13.4. The number of ether oxygens (including phenoxy) is 2. The number of hydrogen-bond acceptors (Lipinski definition) is 6. The number of para-hydroxylation sites is 2. The maximum absolute atomic E-state index is 12.5. The van der Waals surface area contributed by atoms with E-state index in [9.17, 15) is 14.4 Å². The molecule has 0 unspecified atom stereocenters. The molecule has 2 aromatic rings. The molecule has 1 aromatic carbocycles. The number of rotatable bonds is 4. The summed E-state index contributed by atoms with van der Waals surface area (Å²) in [7, 11) is 1.49. The SMILES string of the molecule is CNC(=O)[C@@H]1CN(C(=O)COC(=O)c2ccoc2)c2ccccc2O1.